The molecule has 6 nitrogen and oxygen atoms in total. The smallest absolute Gasteiger partial charge is 0.255 e. The number of hydrogen-bond acceptors (Lipinski definition) is 4. The van der Waals surface area contributed by atoms with Gasteiger partial charge in [0.15, 0.2) is 0 Å². The van der Waals surface area contributed by atoms with E-state index < -0.39 is 0 Å². The molecule has 0 aliphatic rings. The number of benzene rings is 2. The van der Waals surface area contributed by atoms with Gasteiger partial charge in [-0.05, 0) is 54.4 Å². The predicted octanol–water partition coefficient (Wildman–Crippen LogP) is 3.58. The van der Waals surface area contributed by atoms with Crippen molar-refractivity contribution in [3.8, 4) is 5.75 Å². The summed E-state index contributed by atoms with van der Waals surface area (Å²) < 4.78 is 5.29. The highest BCUT2D eigenvalue weighted by atomic mass is 16.5. The van der Waals surface area contributed by atoms with E-state index in [0.29, 0.717) is 29.1 Å². The van der Waals surface area contributed by atoms with E-state index in [9.17, 15) is 9.59 Å². The summed E-state index contributed by atoms with van der Waals surface area (Å²) in [7, 11) is 1.55. The lowest BCUT2D eigenvalue weighted by Crippen LogP contribution is -2.23. The van der Waals surface area contributed by atoms with Gasteiger partial charge in [-0.15, -0.1) is 0 Å². The van der Waals surface area contributed by atoms with Crippen LogP contribution in [-0.2, 0) is 6.54 Å². The molecule has 1 aromatic heterocycles. The van der Waals surface area contributed by atoms with Crippen LogP contribution in [0.5, 0.6) is 5.75 Å². The predicted molar refractivity (Wildman–Crippen MR) is 108 cm³/mol. The maximum Gasteiger partial charge on any atom is 0.255 e. The van der Waals surface area contributed by atoms with Gasteiger partial charge in [-0.1, -0.05) is 18.2 Å². The van der Waals surface area contributed by atoms with E-state index in [0.717, 1.165) is 11.1 Å². The number of pyridine rings is 1. The molecule has 0 bridgehead atoms. The molecule has 142 valence electrons. The summed E-state index contributed by atoms with van der Waals surface area (Å²) in [6, 6.07) is 15.8. The van der Waals surface area contributed by atoms with E-state index in [1.807, 2.05) is 31.2 Å². The highest BCUT2D eigenvalue weighted by Gasteiger charge is 2.13. The first-order valence-electron chi connectivity index (χ1n) is 8.80. The molecule has 0 atom stereocenters. The molecule has 0 radical (unpaired) electrons. The van der Waals surface area contributed by atoms with Crippen molar-refractivity contribution in [3.05, 3.63) is 89.2 Å². The second-order valence-electron chi connectivity index (χ2n) is 6.28. The van der Waals surface area contributed by atoms with Crippen LogP contribution < -0.4 is 15.4 Å². The van der Waals surface area contributed by atoms with Gasteiger partial charge in [-0.3, -0.25) is 14.6 Å². The van der Waals surface area contributed by atoms with Gasteiger partial charge in [-0.2, -0.15) is 0 Å². The van der Waals surface area contributed by atoms with Gasteiger partial charge in [0.25, 0.3) is 11.8 Å². The molecule has 2 aromatic carbocycles. The number of aromatic nitrogens is 1. The lowest BCUT2D eigenvalue weighted by molar-refractivity contribution is 0.0951. The van der Waals surface area contributed by atoms with E-state index in [1.165, 1.54) is 0 Å². The number of nitrogens with one attached hydrogen (secondary N) is 2. The number of ether oxygens (including phenoxy) is 1. The second kappa shape index (κ2) is 8.81. The molecular weight excluding hydrogens is 354 g/mol. The first-order valence-corrected chi connectivity index (χ1v) is 8.80. The Morgan fingerprint density at radius 2 is 1.79 bits per heavy atom. The van der Waals surface area contributed by atoms with Crippen LogP contribution in [0, 0.1) is 6.92 Å². The summed E-state index contributed by atoms with van der Waals surface area (Å²) in [6.07, 6.45) is 3.37. The lowest BCUT2D eigenvalue weighted by atomic mass is 10.1. The summed E-state index contributed by atoms with van der Waals surface area (Å²) in [6.45, 7) is 2.30. The van der Waals surface area contributed by atoms with E-state index in [4.69, 9.17) is 4.74 Å². The third kappa shape index (κ3) is 4.73. The molecule has 6 heteroatoms. The van der Waals surface area contributed by atoms with Gasteiger partial charge in [0.1, 0.15) is 5.75 Å². The molecule has 0 aliphatic heterocycles. The second-order valence-corrected chi connectivity index (χ2v) is 6.28. The maximum absolute atomic E-state index is 12.6. The van der Waals surface area contributed by atoms with Crippen LogP contribution >= 0.6 is 0 Å². The average Bonchev–Trinajstić information content (AvgIpc) is 2.73. The average molecular weight is 375 g/mol. The third-order valence-electron chi connectivity index (χ3n) is 4.17. The van der Waals surface area contributed by atoms with E-state index in [2.05, 4.69) is 15.6 Å². The van der Waals surface area contributed by atoms with Crippen molar-refractivity contribution in [3.63, 3.8) is 0 Å². The van der Waals surface area contributed by atoms with Crippen LogP contribution in [0.3, 0.4) is 0 Å². The molecule has 3 rings (SSSR count). The largest absolute Gasteiger partial charge is 0.495 e. The number of hydrogen-bond donors (Lipinski definition) is 2. The molecule has 28 heavy (non-hydrogen) atoms. The highest BCUT2D eigenvalue weighted by molar-refractivity contribution is 6.06. The first-order chi connectivity index (χ1) is 13.6. The number of methoxy groups -OCH3 is 1. The zero-order chi connectivity index (χ0) is 19.9. The number of carbonyl (C=O) groups excluding carboxylic acids is 2. The normalized spacial score (nSPS) is 10.2. The molecule has 3 aromatic rings. The summed E-state index contributed by atoms with van der Waals surface area (Å²) in [4.78, 5) is 29.1. The van der Waals surface area contributed by atoms with Crippen molar-refractivity contribution in [1.29, 1.82) is 0 Å². The fraction of sp³-hybridized carbons (Fsp3) is 0.136. The SMILES string of the molecule is COc1ccc(C)cc1NC(=O)c1cccc(C(=O)NCc2cccnc2)c1. The Kier molecular flexibility index (Phi) is 6.01. The Labute approximate surface area is 163 Å². The minimum atomic E-state index is -0.314. The quantitative estimate of drug-likeness (QED) is 0.690. The Morgan fingerprint density at radius 1 is 1.00 bits per heavy atom. The number of aryl methyl sites for hydroxylation is 1. The zero-order valence-electron chi connectivity index (χ0n) is 15.7. The Balaban J connectivity index is 1.71. The summed E-state index contributed by atoms with van der Waals surface area (Å²) >= 11 is 0. The van der Waals surface area contributed by atoms with Crippen LogP contribution in [0.25, 0.3) is 0 Å². The number of anilines is 1. The van der Waals surface area contributed by atoms with Crippen molar-refractivity contribution in [2.45, 2.75) is 13.5 Å². The number of rotatable bonds is 6. The van der Waals surface area contributed by atoms with Crippen LogP contribution in [0.2, 0.25) is 0 Å². The monoisotopic (exact) mass is 375 g/mol. The van der Waals surface area contributed by atoms with E-state index in [-0.39, 0.29) is 11.8 Å². The molecule has 2 amide bonds. The Hall–Kier alpha value is -3.67. The highest BCUT2D eigenvalue weighted by Crippen LogP contribution is 2.25. The molecule has 2 N–H and O–H groups in total. The van der Waals surface area contributed by atoms with E-state index >= 15 is 0 Å². The van der Waals surface area contributed by atoms with Crippen LogP contribution in [0.1, 0.15) is 31.8 Å². The van der Waals surface area contributed by atoms with Gasteiger partial charge in [0.05, 0.1) is 12.8 Å². The number of amides is 2. The van der Waals surface area contributed by atoms with Crippen LogP contribution in [-0.4, -0.2) is 23.9 Å². The van der Waals surface area contributed by atoms with Crippen molar-refractivity contribution in [2.75, 3.05) is 12.4 Å². The summed E-state index contributed by atoms with van der Waals surface area (Å²) in [5, 5.41) is 5.66. The van der Waals surface area contributed by atoms with Gasteiger partial charge in [-0.25, -0.2) is 0 Å². The van der Waals surface area contributed by atoms with Gasteiger partial charge in [0.2, 0.25) is 0 Å². The molecule has 0 saturated carbocycles. The van der Waals surface area contributed by atoms with Gasteiger partial charge in [0, 0.05) is 30.1 Å². The minimum Gasteiger partial charge on any atom is -0.495 e. The van der Waals surface area contributed by atoms with Crippen molar-refractivity contribution in [1.82, 2.24) is 10.3 Å². The maximum atomic E-state index is 12.6. The molecule has 0 fully saturated rings. The zero-order valence-corrected chi connectivity index (χ0v) is 15.7. The molecular formula is C22H21N3O3. The molecule has 0 aliphatic carbocycles. The summed E-state index contributed by atoms with van der Waals surface area (Å²) in [5.41, 5.74) is 3.28. The molecule has 0 saturated heterocycles. The van der Waals surface area contributed by atoms with Crippen molar-refractivity contribution < 1.29 is 14.3 Å². The first kappa shape index (κ1) is 19.1. The fourth-order valence-electron chi connectivity index (χ4n) is 2.70. The standard InChI is InChI=1S/C22H21N3O3/c1-15-8-9-20(28-2)19(11-15)25-22(27)18-7-3-6-17(12-18)21(26)24-14-16-5-4-10-23-13-16/h3-13H,14H2,1-2H3,(H,24,26)(H,25,27). The van der Waals surface area contributed by atoms with Gasteiger partial charge >= 0.3 is 0 Å². The molecule has 0 unspecified atom stereocenters. The number of carbonyl (C=O) groups is 2. The lowest BCUT2D eigenvalue weighted by Gasteiger charge is -2.12. The van der Waals surface area contributed by atoms with Crippen LogP contribution in [0.15, 0.2) is 67.0 Å². The topological polar surface area (TPSA) is 80.3 Å². The summed E-state index contributed by atoms with van der Waals surface area (Å²) in [5.74, 6) is 0.00164. The Morgan fingerprint density at radius 3 is 2.50 bits per heavy atom. The fourth-order valence-corrected chi connectivity index (χ4v) is 2.70. The Bertz CT molecular complexity index is 987. The van der Waals surface area contributed by atoms with E-state index in [1.54, 1.807) is 49.8 Å². The van der Waals surface area contributed by atoms with Crippen molar-refractivity contribution in [2.24, 2.45) is 0 Å². The van der Waals surface area contributed by atoms with Crippen LogP contribution in [0.4, 0.5) is 5.69 Å². The third-order valence-corrected chi connectivity index (χ3v) is 4.17. The van der Waals surface area contributed by atoms with Crippen molar-refractivity contribution >= 4 is 17.5 Å². The molecule has 1 heterocycles. The minimum absolute atomic E-state index is 0.258. The number of nitrogens with zero attached hydrogens (tertiary/aromatic N) is 1. The molecule has 0 spiro atoms. The van der Waals surface area contributed by atoms with Gasteiger partial charge < -0.3 is 15.4 Å².